The summed E-state index contributed by atoms with van der Waals surface area (Å²) in [6.07, 6.45) is 8.78. The fourth-order valence-electron chi connectivity index (χ4n) is 3.86. The highest BCUT2D eigenvalue weighted by atomic mass is 14.4. The summed E-state index contributed by atoms with van der Waals surface area (Å²) in [5.74, 6) is 6.74. The number of hydrogen-bond acceptors (Lipinski definition) is 0. The molecular weight excluding hydrogens is 192 g/mol. The summed E-state index contributed by atoms with van der Waals surface area (Å²) >= 11 is 0. The van der Waals surface area contributed by atoms with Crippen LogP contribution in [0.2, 0.25) is 0 Å². The van der Waals surface area contributed by atoms with Gasteiger partial charge in [-0.05, 0) is 61.2 Å². The van der Waals surface area contributed by atoms with Crippen LogP contribution in [0.5, 0.6) is 0 Å². The van der Waals surface area contributed by atoms with Gasteiger partial charge in [-0.25, -0.2) is 0 Å². The van der Waals surface area contributed by atoms with Gasteiger partial charge in [0.15, 0.2) is 0 Å². The van der Waals surface area contributed by atoms with Crippen LogP contribution in [-0.2, 0) is 0 Å². The van der Waals surface area contributed by atoms with Crippen molar-refractivity contribution < 1.29 is 0 Å². The normalized spacial score (nSPS) is 43.5. The molecule has 2 aliphatic carbocycles. The maximum Gasteiger partial charge on any atom is -0.0210 e. The van der Waals surface area contributed by atoms with Crippen LogP contribution in [0, 0.1) is 35.5 Å². The monoisotopic (exact) mass is 221 g/mol. The van der Waals surface area contributed by atoms with E-state index < -0.39 is 0 Å². The molecule has 2 fully saturated rings. The van der Waals surface area contributed by atoms with Gasteiger partial charge in [0.1, 0.15) is 0 Å². The van der Waals surface area contributed by atoms with Gasteiger partial charge < -0.3 is 0 Å². The topological polar surface area (TPSA) is 0 Å². The van der Waals surface area contributed by atoms with Crippen molar-refractivity contribution in [2.75, 3.05) is 0 Å². The zero-order valence-corrected chi connectivity index (χ0v) is 11.6. The molecule has 1 radical (unpaired) electrons. The number of rotatable bonds is 1. The molecule has 2 unspecified atom stereocenters. The van der Waals surface area contributed by atoms with Crippen LogP contribution in [0.3, 0.4) is 0 Å². The van der Waals surface area contributed by atoms with Crippen LogP contribution < -0.4 is 0 Å². The smallest absolute Gasteiger partial charge is 0.0210 e. The maximum absolute atomic E-state index is 2.47. The van der Waals surface area contributed by atoms with Crippen LogP contribution in [0.1, 0.15) is 66.2 Å². The third-order valence-electron chi connectivity index (χ3n) is 5.60. The minimum absolute atomic E-state index is 0.944. The Bertz CT molecular complexity index is 200. The van der Waals surface area contributed by atoms with Gasteiger partial charge in [-0.1, -0.05) is 40.5 Å². The maximum atomic E-state index is 2.47. The Hall–Kier alpha value is 0. The lowest BCUT2D eigenvalue weighted by Gasteiger charge is -2.42. The Kier molecular flexibility index (Phi) is 3.97. The molecule has 0 amide bonds. The van der Waals surface area contributed by atoms with Gasteiger partial charge in [0.05, 0.1) is 0 Å². The van der Waals surface area contributed by atoms with Crippen LogP contribution >= 0.6 is 0 Å². The molecule has 0 nitrogen and oxygen atoms in total. The summed E-state index contributed by atoms with van der Waals surface area (Å²) in [5, 5.41) is 0. The van der Waals surface area contributed by atoms with Gasteiger partial charge >= 0.3 is 0 Å². The van der Waals surface area contributed by atoms with Crippen molar-refractivity contribution in [1.29, 1.82) is 0 Å². The molecule has 0 aromatic carbocycles. The Balaban J connectivity index is 1.90. The van der Waals surface area contributed by atoms with Crippen molar-refractivity contribution in [2.45, 2.75) is 66.2 Å². The van der Waals surface area contributed by atoms with E-state index in [-0.39, 0.29) is 0 Å². The lowest BCUT2D eigenvalue weighted by Crippen LogP contribution is -2.32. The molecule has 0 saturated heterocycles. The molecule has 16 heavy (non-hydrogen) atoms. The van der Waals surface area contributed by atoms with Gasteiger partial charge in [0.25, 0.3) is 0 Å². The zero-order valence-electron chi connectivity index (χ0n) is 11.6. The summed E-state index contributed by atoms with van der Waals surface area (Å²) in [4.78, 5) is 0. The Morgan fingerprint density at radius 3 is 1.81 bits per heavy atom. The molecule has 2 rings (SSSR count). The molecule has 2 aliphatic rings. The Morgan fingerprint density at radius 2 is 1.31 bits per heavy atom. The highest BCUT2D eigenvalue weighted by Crippen LogP contribution is 2.46. The molecule has 0 N–H and O–H groups in total. The first-order chi connectivity index (χ1) is 7.58. The van der Waals surface area contributed by atoms with E-state index in [1.165, 1.54) is 38.5 Å². The van der Waals surface area contributed by atoms with Crippen LogP contribution in [0.4, 0.5) is 0 Å². The summed E-state index contributed by atoms with van der Waals surface area (Å²) in [7, 11) is 0. The molecule has 0 aliphatic heterocycles. The molecule has 0 aromatic rings. The Labute approximate surface area is 102 Å². The van der Waals surface area contributed by atoms with Crippen molar-refractivity contribution in [3.8, 4) is 0 Å². The molecule has 0 aromatic heterocycles. The quantitative estimate of drug-likeness (QED) is 0.578. The van der Waals surface area contributed by atoms with E-state index in [1.807, 2.05) is 5.92 Å². The molecule has 0 spiro atoms. The molecule has 93 valence electrons. The van der Waals surface area contributed by atoms with Gasteiger partial charge in [-0.3, -0.25) is 0 Å². The third-order valence-corrected chi connectivity index (χ3v) is 5.60. The second-order valence-electron chi connectivity index (χ2n) is 6.82. The standard InChI is InChI=1S/C16H29/c1-11-5-7-15(8-6-11)16-9-12(2)14(4)13(3)10-16/h11-14,16H,5-10H2,1-4H3. The molecule has 2 saturated carbocycles. The highest BCUT2D eigenvalue weighted by molar-refractivity contribution is 5.02. The summed E-state index contributed by atoms with van der Waals surface area (Å²) in [6, 6.07) is 0. The van der Waals surface area contributed by atoms with Gasteiger partial charge in [-0.2, -0.15) is 0 Å². The lowest BCUT2D eigenvalue weighted by atomic mass is 9.63. The average Bonchev–Trinajstić information content (AvgIpc) is 2.26. The van der Waals surface area contributed by atoms with E-state index in [0.717, 1.165) is 29.6 Å². The third kappa shape index (κ3) is 2.63. The van der Waals surface area contributed by atoms with Gasteiger partial charge in [-0.15, -0.1) is 0 Å². The SMILES string of the molecule is CC1CC[C](C2CC(C)C(C)C(C)C2)CC1. The summed E-state index contributed by atoms with van der Waals surface area (Å²) < 4.78 is 0. The predicted octanol–water partition coefficient (Wildman–Crippen LogP) is 5.09. The van der Waals surface area contributed by atoms with Crippen LogP contribution in [0.25, 0.3) is 0 Å². The first-order valence-electron chi connectivity index (χ1n) is 7.42. The molecule has 0 bridgehead atoms. The molecule has 0 heteroatoms. The van der Waals surface area contributed by atoms with Crippen molar-refractivity contribution in [3.05, 3.63) is 5.92 Å². The van der Waals surface area contributed by atoms with Crippen molar-refractivity contribution >= 4 is 0 Å². The van der Waals surface area contributed by atoms with E-state index in [0.29, 0.717) is 0 Å². The van der Waals surface area contributed by atoms with Gasteiger partial charge in [0, 0.05) is 0 Å². The van der Waals surface area contributed by atoms with E-state index >= 15 is 0 Å². The molecule has 2 atom stereocenters. The zero-order chi connectivity index (χ0) is 11.7. The van der Waals surface area contributed by atoms with Crippen molar-refractivity contribution in [1.82, 2.24) is 0 Å². The summed E-state index contributed by atoms with van der Waals surface area (Å²) in [5.41, 5.74) is 0. The highest BCUT2D eigenvalue weighted by Gasteiger charge is 2.35. The first-order valence-corrected chi connectivity index (χ1v) is 7.42. The average molecular weight is 221 g/mol. The van der Waals surface area contributed by atoms with E-state index in [2.05, 4.69) is 27.7 Å². The van der Waals surface area contributed by atoms with Crippen molar-refractivity contribution in [2.24, 2.45) is 29.6 Å². The second kappa shape index (κ2) is 5.10. The van der Waals surface area contributed by atoms with E-state index in [9.17, 15) is 0 Å². The molecule has 0 heterocycles. The first kappa shape index (κ1) is 12.5. The number of hydrogen-bond donors (Lipinski definition) is 0. The predicted molar refractivity (Wildman–Crippen MR) is 71.1 cm³/mol. The fraction of sp³-hybridized carbons (Fsp3) is 0.938. The van der Waals surface area contributed by atoms with Crippen LogP contribution in [0.15, 0.2) is 0 Å². The largest absolute Gasteiger partial charge is 0.0625 e. The fourth-order valence-corrected chi connectivity index (χ4v) is 3.86. The van der Waals surface area contributed by atoms with Crippen LogP contribution in [-0.4, -0.2) is 0 Å². The minimum atomic E-state index is 0.944. The Morgan fingerprint density at radius 1 is 0.812 bits per heavy atom. The minimum Gasteiger partial charge on any atom is -0.0625 e. The lowest BCUT2D eigenvalue weighted by molar-refractivity contribution is 0.136. The summed E-state index contributed by atoms with van der Waals surface area (Å²) in [6.45, 7) is 9.82. The van der Waals surface area contributed by atoms with Crippen molar-refractivity contribution in [3.63, 3.8) is 0 Å². The second-order valence-corrected chi connectivity index (χ2v) is 6.82. The van der Waals surface area contributed by atoms with E-state index in [4.69, 9.17) is 0 Å². The molecular formula is C16H29. The van der Waals surface area contributed by atoms with E-state index in [1.54, 1.807) is 0 Å². The van der Waals surface area contributed by atoms with Gasteiger partial charge in [0.2, 0.25) is 0 Å².